The van der Waals surface area contributed by atoms with Gasteiger partial charge in [0.15, 0.2) is 5.96 Å². The number of primary amides is 1. The van der Waals surface area contributed by atoms with Gasteiger partial charge >= 0.3 is 18.2 Å². The van der Waals surface area contributed by atoms with E-state index in [1.54, 1.807) is 0 Å². The van der Waals surface area contributed by atoms with Crippen LogP contribution in [0.1, 0.15) is 29.5 Å². The molecule has 3 aromatic rings. The van der Waals surface area contributed by atoms with Crippen molar-refractivity contribution in [2.45, 2.75) is 44.6 Å². The van der Waals surface area contributed by atoms with Crippen LogP contribution >= 0.6 is 0 Å². The van der Waals surface area contributed by atoms with Gasteiger partial charge in [0, 0.05) is 19.6 Å². The average molecular weight is 618 g/mol. The van der Waals surface area contributed by atoms with Crippen LogP contribution in [-0.2, 0) is 33.9 Å². The highest BCUT2D eigenvalue weighted by Crippen LogP contribution is 2.16. The third kappa shape index (κ3) is 13.1. The van der Waals surface area contributed by atoms with Crippen molar-refractivity contribution in [1.82, 2.24) is 16.0 Å². The number of rotatable bonds is 12. The number of nitrogens with one attached hydrogen (secondary N) is 3. The highest BCUT2D eigenvalue weighted by atomic mass is 19.4. The molecular formula is C29H34F3N7O5. The van der Waals surface area contributed by atoms with Crippen molar-refractivity contribution in [1.29, 1.82) is 0 Å². The zero-order chi connectivity index (χ0) is 32.7. The van der Waals surface area contributed by atoms with E-state index in [2.05, 4.69) is 20.9 Å². The summed E-state index contributed by atoms with van der Waals surface area (Å²) in [4.78, 5) is 49.5. The standard InChI is InChI=1S/C27H33N7O3.C2HF3O2/c28-26(29)31-13-3-6-23(25(36)32-16-18-7-9-19(10-8-18)17-33-27(30)37)34-24(35)15-20-11-12-21-4-1-2-5-22(21)14-20;3-2(4,5)1(6)7/h1-2,4-5,7-12,14,23H,3,6,13,15-17H2,(H,32,36)(H,34,35)(H4,28,29,31)(H3,30,33,37);(H,6,7)/t23-;/m1./s1. The molecule has 3 aromatic carbocycles. The van der Waals surface area contributed by atoms with Gasteiger partial charge in [-0.1, -0.05) is 66.7 Å². The number of hydrogen-bond donors (Lipinski definition) is 7. The van der Waals surface area contributed by atoms with Gasteiger partial charge in [-0.05, 0) is 40.3 Å². The van der Waals surface area contributed by atoms with Gasteiger partial charge < -0.3 is 38.3 Å². The second-order valence-corrected chi connectivity index (χ2v) is 9.48. The maximum absolute atomic E-state index is 13.0. The molecule has 4 amide bonds. The topological polar surface area (TPSA) is 215 Å². The summed E-state index contributed by atoms with van der Waals surface area (Å²) in [5.41, 5.74) is 18.5. The van der Waals surface area contributed by atoms with E-state index in [1.807, 2.05) is 66.7 Å². The number of aliphatic carboxylic acids is 1. The van der Waals surface area contributed by atoms with Crippen LogP contribution in [0.5, 0.6) is 0 Å². The monoisotopic (exact) mass is 617 g/mol. The molecule has 0 saturated heterocycles. The molecule has 3 rings (SSSR count). The van der Waals surface area contributed by atoms with Gasteiger partial charge in [-0.3, -0.25) is 14.6 Å². The van der Waals surface area contributed by atoms with Gasteiger partial charge in [-0.2, -0.15) is 13.2 Å². The van der Waals surface area contributed by atoms with Gasteiger partial charge in [-0.15, -0.1) is 0 Å². The van der Waals surface area contributed by atoms with Crippen molar-refractivity contribution >= 4 is 40.5 Å². The number of carbonyl (C=O) groups is 4. The molecule has 0 aromatic heterocycles. The quantitative estimate of drug-likeness (QED) is 0.0911. The number of aliphatic imine (C=N–C) groups is 1. The van der Waals surface area contributed by atoms with Crippen LogP contribution in [0, 0.1) is 0 Å². The number of alkyl halides is 3. The lowest BCUT2D eigenvalue weighted by Crippen LogP contribution is -2.47. The van der Waals surface area contributed by atoms with Crippen molar-refractivity contribution < 1.29 is 37.5 Å². The average Bonchev–Trinajstić information content (AvgIpc) is 2.96. The van der Waals surface area contributed by atoms with E-state index in [4.69, 9.17) is 27.1 Å². The second kappa shape index (κ2) is 16.9. The molecule has 0 fully saturated rings. The molecule has 0 bridgehead atoms. The van der Waals surface area contributed by atoms with Gasteiger partial charge in [-0.25, -0.2) is 9.59 Å². The molecule has 0 aliphatic heterocycles. The summed E-state index contributed by atoms with van der Waals surface area (Å²) in [5, 5.41) is 17.5. The van der Waals surface area contributed by atoms with E-state index in [0.29, 0.717) is 25.9 Å². The summed E-state index contributed by atoms with van der Waals surface area (Å²) in [6.45, 7) is 0.962. The minimum Gasteiger partial charge on any atom is -0.475 e. The van der Waals surface area contributed by atoms with Crippen LogP contribution in [0.3, 0.4) is 0 Å². The van der Waals surface area contributed by atoms with Crippen LogP contribution in [-0.4, -0.2) is 53.6 Å². The molecule has 0 saturated carbocycles. The maximum atomic E-state index is 13.0. The summed E-state index contributed by atoms with van der Waals surface area (Å²) in [6, 6.07) is 19.9. The van der Waals surface area contributed by atoms with E-state index in [9.17, 15) is 27.6 Å². The molecule has 0 heterocycles. The zero-order valence-electron chi connectivity index (χ0n) is 23.6. The van der Waals surface area contributed by atoms with Crippen molar-refractivity contribution in [3.05, 3.63) is 83.4 Å². The zero-order valence-corrected chi connectivity index (χ0v) is 23.6. The second-order valence-electron chi connectivity index (χ2n) is 9.48. The van der Waals surface area contributed by atoms with Gasteiger partial charge in [0.1, 0.15) is 6.04 Å². The summed E-state index contributed by atoms with van der Waals surface area (Å²) in [5.74, 6) is -3.32. The molecule has 15 heteroatoms. The van der Waals surface area contributed by atoms with Crippen LogP contribution in [0.4, 0.5) is 18.0 Å². The summed E-state index contributed by atoms with van der Waals surface area (Å²) in [6.07, 6.45) is -4.03. The van der Waals surface area contributed by atoms with Gasteiger partial charge in [0.05, 0.1) is 6.42 Å². The number of amides is 4. The molecule has 10 N–H and O–H groups in total. The first kappa shape index (κ1) is 34.9. The Kier molecular flexibility index (Phi) is 13.4. The Labute approximate surface area is 250 Å². The molecule has 0 aliphatic carbocycles. The molecule has 44 heavy (non-hydrogen) atoms. The number of guanidine groups is 1. The number of halogens is 3. The Balaban J connectivity index is 0.000000860. The highest BCUT2D eigenvalue weighted by Gasteiger charge is 2.38. The lowest BCUT2D eigenvalue weighted by atomic mass is 10.0. The first-order chi connectivity index (χ1) is 20.7. The smallest absolute Gasteiger partial charge is 0.475 e. The number of carboxylic acids is 1. The fourth-order valence-corrected chi connectivity index (χ4v) is 3.83. The Morgan fingerprint density at radius 2 is 1.36 bits per heavy atom. The number of carboxylic acid groups (broad SMARTS) is 1. The van der Waals surface area contributed by atoms with E-state index in [1.165, 1.54) is 0 Å². The molecule has 1 atom stereocenters. The fraction of sp³-hybridized carbons (Fsp3) is 0.276. The van der Waals surface area contributed by atoms with Crippen LogP contribution in [0.15, 0.2) is 71.7 Å². The Morgan fingerprint density at radius 1 is 0.818 bits per heavy atom. The molecule has 12 nitrogen and oxygen atoms in total. The predicted octanol–water partition coefficient (Wildman–Crippen LogP) is 2.04. The van der Waals surface area contributed by atoms with Gasteiger partial charge in [0.2, 0.25) is 11.8 Å². The van der Waals surface area contributed by atoms with E-state index >= 15 is 0 Å². The maximum Gasteiger partial charge on any atom is 0.490 e. The summed E-state index contributed by atoms with van der Waals surface area (Å²) < 4.78 is 31.7. The van der Waals surface area contributed by atoms with Crippen molar-refractivity contribution in [2.75, 3.05) is 6.54 Å². The molecule has 0 aliphatic rings. The third-order valence-electron chi connectivity index (χ3n) is 5.97. The summed E-state index contributed by atoms with van der Waals surface area (Å²) in [7, 11) is 0. The number of nitrogens with two attached hydrogens (primary N) is 3. The Hall–Kier alpha value is -5.34. The number of benzene rings is 3. The lowest BCUT2D eigenvalue weighted by Gasteiger charge is -2.18. The van der Waals surface area contributed by atoms with Crippen molar-refractivity contribution in [2.24, 2.45) is 22.2 Å². The molecule has 0 spiro atoms. The summed E-state index contributed by atoms with van der Waals surface area (Å²) >= 11 is 0. The minimum atomic E-state index is -5.08. The van der Waals surface area contributed by atoms with Crippen LogP contribution < -0.4 is 33.2 Å². The Bertz CT molecular complexity index is 1460. The molecule has 0 unspecified atom stereocenters. The largest absolute Gasteiger partial charge is 0.490 e. The first-order valence-corrected chi connectivity index (χ1v) is 13.3. The highest BCUT2D eigenvalue weighted by molar-refractivity contribution is 5.89. The minimum absolute atomic E-state index is 0.0178. The Morgan fingerprint density at radius 3 is 1.91 bits per heavy atom. The number of carbonyl (C=O) groups excluding carboxylic acids is 3. The third-order valence-corrected chi connectivity index (χ3v) is 5.97. The molecular weight excluding hydrogens is 583 g/mol. The molecule has 0 radical (unpaired) electrons. The van der Waals surface area contributed by atoms with Crippen molar-refractivity contribution in [3.63, 3.8) is 0 Å². The SMILES string of the molecule is NC(=O)NCc1ccc(CNC(=O)[C@@H](CCCN=C(N)N)NC(=O)Cc2ccc3ccccc3c2)cc1.O=C(O)C(F)(F)F. The number of fused-ring (bicyclic) bond motifs is 1. The van der Waals surface area contributed by atoms with Crippen LogP contribution in [0.25, 0.3) is 10.8 Å². The molecule has 236 valence electrons. The number of urea groups is 1. The van der Waals surface area contributed by atoms with Gasteiger partial charge in [0.25, 0.3) is 0 Å². The van der Waals surface area contributed by atoms with Crippen LogP contribution in [0.2, 0.25) is 0 Å². The van der Waals surface area contributed by atoms with E-state index < -0.39 is 24.2 Å². The number of nitrogens with zero attached hydrogens (tertiary/aromatic N) is 1. The van der Waals surface area contributed by atoms with E-state index in [-0.39, 0.29) is 30.7 Å². The fourth-order valence-electron chi connectivity index (χ4n) is 3.83. The normalized spacial score (nSPS) is 11.3. The van der Waals surface area contributed by atoms with Crippen molar-refractivity contribution in [3.8, 4) is 0 Å². The lowest BCUT2D eigenvalue weighted by molar-refractivity contribution is -0.192. The predicted molar refractivity (Wildman–Crippen MR) is 158 cm³/mol. The number of hydrogen-bond acceptors (Lipinski definition) is 5. The van der Waals surface area contributed by atoms with E-state index in [0.717, 1.165) is 27.5 Å². The first-order valence-electron chi connectivity index (χ1n) is 13.3.